The predicted molar refractivity (Wildman–Crippen MR) is 60.9 cm³/mol. The number of carbonyl (C=O) groups is 1. The lowest BCUT2D eigenvalue weighted by Crippen LogP contribution is -2.10. The molecule has 16 heavy (non-hydrogen) atoms. The SMILES string of the molecule is Cc1ccc(F)c(C(=O)OCCC(C)C)c1. The van der Waals surface area contributed by atoms with Crippen LogP contribution in [0.3, 0.4) is 0 Å². The fraction of sp³-hybridized carbons (Fsp3) is 0.462. The first-order valence-electron chi connectivity index (χ1n) is 5.44. The van der Waals surface area contributed by atoms with Crippen LogP contribution in [0.1, 0.15) is 36.2 Å². The van der Waals surface area contributed by atoms with E-state index in [-0.39, 0.29) is 5.56 Å². The van der Waals surface area contributed by atoms with E-state index in [0.29, 0.717) is 12.5 Å². The first-order chi connectivity index (χ1) is 7.50. The molecule has 0 unspecified atom stereocenters. The smallest absolute Gasteiger partial charge is 0.341 e. The highest BCUT2D eigenvalue weighted by Crippen LogP contribution is 2.12. The molecule has 2 nitrogen and oxygen atoms in total. The third-order valence-corrected chi connectivity index (χ3v) is 2.27. The van der Waals surface area contributed by atoms with Crippen LogP contribution in [0, 0.1) is 18.7 Å². The van der Waals surface area contributed by atoms with Crippen LogP contribution in [0.25, 0.3) is 0 Å². The minimum atomic E-state index is -0.582. The number of carbonyl (C=O) groups excluding carboxylic acids is 1. The van der Waals surface area contributed by atoms with E-state index in [0.717, 1.165) is 12.0 Å². The van der Waals surface area contributed by atoms with Crippen LogP contribution in [0.15, 0.2) is 18.2 Å². The maximum Gasteiger partial charge on any atom is 0.341 e. The van der Waals surface area contributed by atoms with E-state index in [1.165, 1.54) is 12.1 Å². The maximum atomic E-state index is 13.3. The molecule has 1 rings (SSSR count). The zero-order valence-corrected chi connectivity index (χ0v) is 9.92. The second kappa shape index (κ2) is 5.64. The van der Waals surface area contributed by atoms with E-state index in [1.54, 1.807) is 6.07 Å². The molecule has 0 atom stereocenters. The summed E-state index contributed by atoms with van der Waals surface area (Å²) in [6, 6.07) is 4.42. The maximum absolute atomic E-state index is 13.3. The molecule has 1 aromatic carbocycles. The number of hydrogen-bond donors (Lipinski definition) is 0. The number of halogens is 1. The summed E-state index contributed by atoms with van der Waals surface area (Å²) in [5.74, 6) is -0.642. The van der Waals surface area contributed by atoms with E-state index in [1.807, 2.05) is 20.8 Å². The molecular weight excluding hydrogens is 207 g/mol. The normalized spacial score (nSPS) is 10.6. The lowest BCUT2D eigenvalue weighted by atomic mass is 10.1. The summed E-state index contributed by atoms with van der Waals surface area (Å²) in [5, 5.41) is 0. The van der Waals surface area contributed by atoms with Crippen LogP contribution >= 0.6 is 0 Å². The van der Waals surface area contributed by atoms with Gasteiger partial charge in [0.25, 0.3) is 0 Å². The van der Waals surface area contributed by atoms with Crippen molar-refractivity contribution in [1.82, 2.24) is 0 Å². The van der Waals surface area contributed by atoms with Gasteiger partial charge in [0.2, 0.25) is 0 Å². The number of hydrogen-bond acceptors (Lipinski definition) is 2. The molecule has 0 saturated carbocycles. The van der Waals surface area contributed by atoms with E-state index in [4.69, 9.17) is 4.74 Å². The fourth-order valence-electron chi connectivity index (χ4n) is 1.26. The highest BCUT2D eigenvalue weighted by atomic mass is 19.1. The molecule has 0 fully saturated rings. The summed E-state index contributed by atoms with van der Waals surface area (Å²) in [7, 11) is 0. The molecule has 0 heterocycles. The molecular formula is C13H17FO2. The third-order valence-electron chi connectivity index (χ3n) is 2.27. The number of aryl methyl sites for hydroxylation is 1. The van der Waals surface area contributed by atoms with Crippen LogP contribution in [-0.2, 0) is 4.74 Å². The summed E-state index contributed by atoms with van der Waals surface area (Å²) in [6.45, 7) is 6.23. The fourth-order valence-corrected chi connectivity index (χ4v) is 1.26. The molecule has 0 N–H and O–H groups in total. The van der Waals surface area contributed by atoms with Gasteiger partial charge in [0.05, 0.1) is 12.2 Å². The number of rotatable bonds is 4. The monoisotopic (exact) mass is 224 g/mol. The Morgan fingerprint density at radius 1 is 1.44 bits per heavy atom. The molecule has 0 aromatic heterocycles. The Morgan fingerprint density at radius 3 is 2.75 bits per heavy atom. The Bertz CT molecular complexity index is 372. The Labute approximate surface area is 95.4 Å². The standard InChI is InChI=1S/C13H17FO2/c1-9(2)6-7-16-13(15)11-8-10(3)4-5-12(11)14/h4-5,8-9H,6-7H2,1-3H3. The van der Waals surface area contributed by atoms with Crippen LogP contribution in [-0.4, -0.2) is 12.6 Å². The van der Waals surface area contributed by atoms with Crippen molar-refractivity contribution in [3.63, 3.8) is 0 Å². The van der Waals surface area contributed by atoms with Gasteiger partial charge < -0.3 is 4.74 Å². The zero-order valence-electron chi connectivity index (χ0n) is 9.92. The van der Waals surface area contributed by atoms with Crippen LogP contribution in [0.5, 0.6) is 0 Å². The second-order valence-corrected chi connectivity index (χ2v) is 4.30. The van der Waals surface area contributed by atoms with Crippen molar-refractivity contribution < 1.29 is 13.9 Å². The van der Waals surface area contributed by atoms with Crippen LogP contribution < -0.4 is 0 Å². The molecule has 0 saturated heterocycles. The van der Waals surface area contributed by atoms with Gasteiger partial charge in [-0.15, -0.1) is 0 Å². The van der Waals surface area contributed by atoms with Gasteiger partial charge in [-0.2, -0.15) is 0 Å². The van der Waals surface area contributed by atoms with E-state index < -0.39 is 11.8 Å². The van der Waals surface area contributed by atoms with Crippen molar-refractivity contribution in [2.24, 2.45) is 5.92 Å². The van der Waals surface area contributed by atoms with Crippen molar-refractivity contribution in [2.75, 3.05) is 6.61 Å². The molecule has 0 bridgehead atoms. The molecule has 1 aromatic rings. The van der Waals surface area contributed by atoms with E-state index >= 15 is 0 Å². The Kier molecular flexibility index (Phi) is 4.47. The Hall–Kier alpha value is -1.38. The van der Waals surface area contributed by atoms with Crippen molar-refractivity contribution in [3.05, 3.63) is 35.1 Å². The largest absolute Gasteiger partial charge is 0.462 e. The van der Waals surface area contributed by atoms with Gasteiger partial charge in [0.15, 0.2) is 0 Å². The van der Waals surface area contributed by atoms with Gasteiger partial charge in [-0.3, -0.25) is 0 Å². The highest BCUT2D eigenvalue weighted by molar-refractivity contribution is 5.89. The lowest BCUT2D eigenvalue weighted by Gasteiger charge is -2.07. The first-order valence-corrected chi connectivity index (χ1v) is 5.44. The Balaban J connectivity index is 2.62. The lowest BCUT2D eigenvalue weighted by molar-refractivity contribution is 0.0482. The van der Waals surface area contributed by atoms with Gasteiger partial charge in [0.1, 0.15) is 5.82 Å². The number of ether oxygens (including phenoxy) is 1. The molecule has 0 aliphatic heterocycles. The summed E-state index contributed by atoms with van der Waals surface area (Å²) >= 11 is 0. The van der Waals surface area contributed by atoms with E-state index in [2.05, 4.69) is 0 Å². The van der Waals surface area contributed by atoms with Crippen molar-refractivity contribution in [3.8, 4) is 0 Å². The van der Waals surface area contributed by atoms with Gasteiger partial charge in [-0.05, 0) is 31.4 Å². The van der Waals surface area contributed by atoms with Crippen molar-refractivity contribution in [2.45, 2.75) is 27.2 Å². The van der Waals surface area contributed by atoms with Gasteiger partial charge >= 0.3 is 5.97 Å². The molecule has 0 amide bonds. The quantitative estimate of drug-likeness (QED) is 0.733. The molecule has 0 aliphatic carbocycles. The molecule has 3 heteroatoms. The molecule has 0 radical (unpaired) electrons. The second-order valence-electron chi connectivity index (χ2n) is 4.30. The summed E-state index contributed by atoms with van der Waals surface area (Å²) < 4.78 is 18.3. The van der Waals surface area contributed by atoms with Crippen molar-refractivity contribution >= 4 is 5.97 Å². The van der Waals surface area contributed by atoms with Crippen molar-refractivity contribution in [1.29, 1.82) is 0 Å². The summed E-state index contributed by atoms with van der Waals surface area (Å²) in [6.07, 6.45) is 0.791. The zero-order chi connectivity index (χ0) is 12.1. The molecule has 0 spiro atoms. The molecule has 0 aliphatic rings. The summed E-state index contributed by atoms with van der Waals surface area (Å²) in [4.78, 5) is 11.5. The summed E-state index contributed by atoms with van der Waals surface area (Å²) in [5.41, 5.74) is 0.862. The third kappa shape index (κ3) is 3.65. The van der Waals surface area contributed by atoms with Crippen LogP contribution in [0.4, 0.5) is 4.39 Å². The highest BCUT2D eigenvalue weighted by Gasteiger charge is 2.13. The number of benzene rings is 1. The topological polar surface area (TPSA) is 26.3 Å². The van der Waals surface area contributed by atoms with Gasteiger partial charge in [0, 0.05) is 0 Å². The van der Waals surface area contributed by atoms with Crippen LogP contribution in [0.2, 0.25) is 0 Å². The Morgan fingerprint density at radius 2 is 2.12 bits per heavy atom. The number of esters is 1. The molecule has 88 valence electrons. The predicted octanol–water partition coefficient (Wildman–Crippen LogP) is 3.34. The average molecular weight is 224 g/mol. The van der Waals surface area contributed by atoms with Gasteiger partial charge in [-0.1, -0.05) is 25.5 Å². The minimum Gasteiger partial charge on any atom is -0.462 e. The minimum absolute atomic E-state index is 0.0174. The van der Waals surface area contributed by atoms with Gasteiger partial charge in [-0.25, -0.2) is 9.18 Å². The first kappa shape index (κ1) is 12.7. The van der Waals surface area contributed by atoms with E-state index in [9.17, 15) is 9.18 Å². The average Bonchev–Trinajstić information content (AvgIpc) is 2.21.